The van der Waals surface area contributed by atoms with Crippen LogP contribution in [0.5, 0.6) is 0 Å². The molecule has 1 aromatic heterocycles. The van der Waals surface area contributed by atoms with E-state index in [-0.39, 0.29) is 28.6 Å². The van der Waals surface area contributed by atoms with Gasteiger partial charge < -0.3 is 10.1 Å². The van der Waals surface area contributed by atoms with Crippen molar-refractivity contribution in [3.05, 3.63) is 91.3 Å². The van der Waals surface area contributed by atoms with E-state index in [2.05, 4.69) is 10.4 Å². The molecular formula is C20H15ClN4O6. The topological polar surface area (TPSA) is 133 Å². The van der Waals surface area contributed by atoms with Crippen molar-refractivity contribution in [2.45, 2.75) is 6.92 Å². The number of hydrogen-bond acceptors (Lipinski definition) is 7. The zero-order valence-electron chi connectivity index (χ0n) is 16.1. The van der Waals surface area contributed by atoms with Gasteiger partial charge in [0.05, 0.1) is 22.9 Å². The Hall–Kier alpha value is -4.05. The summed E-state index contributed by atoms with van der Waals surface area (Å²) < 4.78 is 5.97. The molecule has 3 aromatic rings. The SMILES string of the molecule is CCOC(=O)c1nn(-c2ccccc2)c(=O)cc1NC(=O)c1ccc(Cl)c([N+](=O)[O-])c1. The fourth-order valence-corrected chi connectivity index (χ4v) is 2.83. The van der Waals surface area contributed by atoms with E-state index in [1.807, 2.05) is 0 Å². The largest absolute Gasteiger partial charge is 0.461 e. The summed E-state index contributed by atoms with van der Waals surface area (Å²) in [5.41, 5.74) is -1.27. The molecule has 0 unspecified atom stereocenters. The van der Waals surface area contributed by atoms with Crippen LogP contribution in [0, 0.1) is 10.1 Å². The first-order valence-electron chi connectivity index (χ1n) is 8.94. The average molecular weight is 443 g/mol. The summed E-state index contributed by atoms with van der Waals surface area (Å²) in [6, 6.07) is 12.9. The molecule has 2 aromatic carbocycles. The molecule has 0 fully saturated rings. The summed E-state index contributed by atoms with van der Waals surface area (Å²) >= 11 is 5.77. The lowest BCUT2D eigenvalue weighted by atomic mass is 10.2. The zero-order chi connectivity index (χ0) is 22.5. The van der Waals surface area contributed by atoms with Gasteiger partial charge in [0, 0.05) is 17.7 Å². The van der Waals surface area contributed by atoms with Crippen LogP contribution in [0.2, 0.25) is 5.02 Å². The van der Waals surface area contributed by atoms with Gasteiger partial charge in [0.25, 0.3) is 17.2 Å². The van der Waals surface area contributed by atoms with Crippen LogP contribution in [0.1, 0.15) is 27.8 Å². The summed E-state index contributed by atoms with van der Waals surface area (Å²) in [6.07, 6.45) is 0. The maximum atomic E-state index is 12.6. The van der Waals surface area contributed by atoms with E-state index in [0.29, 0.717) is 5.69 Å². The van der Waals surface area contributed by atoms with E-state index >= 15 is 0 Å². The molecule has 0 aliphatic rings. The van der Waals surface area contributed by atoms with Crippen LogP contribution in [-0.4, -0.2) is 33.2 Å². The third-order valence-electron chi connectivity index (χ3n) is 4.05. The van der Waals surface area contributed by atoms with Crippen molar-refractivity contribution >= 4 is 34.9 Å². The number of para-hydroxylation sites is 1. The molecule has 0 aliphatic carbocycles. The summed E-state index contributed by atoms with van der Waals surface area (Å²) in [6.45, 7) is 1.64. The molecule has 0 bridgehead atoms. The van der Waals surface area contributed by atoms with Crippen molar-refractivity contribution < 1.29 is 19.2 Å². The zero-order valence-corrected chi connectivity index (χ0v) is 16.8. The van der Waals surface area contributed by atoms with Crippen LogP contribution in [0.3, 0.4) is 0 Å². The minimum Gasteiger partial charge on any atom is -0.461 e. The first-order valence-corrected chi connectivity index (χ1v) is 9.31. The van der Waals surface area contributed by atoms with Crippen LogP contribution in [-0.2, 0) is 4.74 Å². The Morgan fingerprint density at radius 2 is 1.90 bits per heavy atom. The summed E-state index contributed by atoms with van der Waals surface area (Å²) in [7, 11) is 0. The molecule has 0 spiro atoms. The number of carbonyl (C=O) groups is 2. The van der Waals surface area contributed by atoms with Crippen LogP contribution >= 0.6 is 11.6 Å². The lowest BCUT2D eigenvalue weighted by Gasteiger charge is -2.12. The third-order valence-corrected chi connectivity index (χ3v) is 4.37. The average Bonchev–Trinajstić information content (AvgIpc) is 2.74. The van der Waals surface area contributed by atoms with Crippen LogP contribution in [0.15, 0.2) is 59.4 Å². The van der Waals surface area contributed by atoms with E-state index < -0.39 is 28.0 Å². The molecule has 1 heterocycles. The highest BCUT2D eigenvalue weighted by atomic mass is 35.5. The molecule has 10 nitrogen and oxygen atoms in total. The number of nitrogens with zero attached hydrogens (tertiary/aromatic N) is 3. The van der Waals surface area contributed by atoms with Crippen molar-refractivity contribution in [3.8, 4) is 5.69 Å². The molecule has 0 atom stereocenters. The quantitative estimate of drug-likeness (QED) is 0.352. The highest BCUT2D eigenvalue weighted by Crippen LogP contribution is 2.25. The highest BCUT2D eigenvalue weighted by molar-refractivity contribution is 6.32. The Morgan fingerprint density at radius 1 is 1.19 bits per heavy atom. The Balaban J connectivity index is 2.04. The third kappa shape index (κ3) is 4.75. The van der Waals surface area contributed by atoms with E-state index in [0.717, 1.165) is 16.8 Å². The smallest absolute Gasteiger partial charge is 0.360 e. The number of aromatic nitrogens is 2. The highest BCUT2D eigenvalue weighted by Gasteiger charge is 2.22. The van der Waals surface area contributed by atoms with Crippen LogP contribution < -0.4 is 10.9 Å². The molecule has 0 saturated carbocycles. The maximum Gasteiger partial charge on any atom is 0.360 e. The number of nitro groups is 1. The predicted molar refractivity (Wildman–Crippen MR) is 112 cm³/mol. The Morgan fingerprint density at radius 3 is 2.55 bits per heavy atom. The van der Waals surface area contributed by atoms with E-state index in [1.54, 1.807) is 37.3 Å². The van der Waals surface area contributed by atoms with Gasteiger partial charge in [0.15, 0.2) is 5.69 Å². The lowest BCUT2D eigenvalue weighted by molar-refractivity contribution is -0.384. The second-order valence-electron chi connectivity index (χ2n) is 6.09. The number of anilines is 1. The fraction of sp³-hybridized carbons (Fsp3) is 0.100. The molecular weight excluding hydrogens is 428 g/mol. The number of amides is 1. The minimum absolute atomic E-state index is 0.0434. The number of hydrogen-bond donors (Lipinski definition) is 1. The van der Waals surface area contributed by atoms with E-state index in [9.17, 15) is 24.5 Å². The molecule has 0 saturated heterocycles. The predicted octanol–water partition coefficient (Wildman–Crippen LogP) is 3.22. The number of nitrogens with one attached hydrogen (secondary N) is 1. The second-order valence-corrected chi connectivity index (χ2v) is 6.50. The maximum absolute atomic E-state index is 12.6. The molecule has 0 radical (unpaired) electrons. The molecule has 3 rings (SSSR count). The van der Waals surface area contributed by atoms with Crippen molar-refractivity contribution in [1.82, 2.24) is 9.78 Å². The molecule has 11 heteroatoms. The van der Waals surface area contributed by atoms with E-state index in [1.165, 1.54) is 12.1 Å². The van der Waals surface area contributed by atoms with Crippen molar-refractivity contribution in [2.24, 2.45) is 0 Å². The Labute approximate surface area is 180 Å². The number of carbonyl (C=O) groups excluding carboxylic acids is 2. The van der Waals surface area contributed by atoms with Crippen molar-refractivity contribution in [2.75, 3.05) is 11.9 Å². The Kier molecular flexibility index (Phi) is 6.41. The number of esters is 1. The minimum atomic E-state index is -0.857. The van der Waals surface area contributed by atoms with Gasteiger partial charge >= 0.3 is 5.97 Å². The standard InChI is InChI=1S/C20H15ClN4O6/c1-2-31-20(28)18-15(11-17(26)24(23-18)13-6-4-3-5-7-13)22-19(27)12-8-9-14(21)16(10-12)25(29)30/h3-11H,2H2,1H3,(H,22,27). The second kappa shape index (κ2) is 9.18. The molecule has 1 N–H and O–H groups in total. The van der Waals surface area contributed by atoms with Gasteiger partial charge in [0.2, 0.25) is 0 Å². The Bertz CT molecular complexity index is 1230. The lowest BCUT2D eigenvalue weighted by Crippen LogP contribution is -2.27. The molecule has 31 heavy (non-hydrogen) atoms. The van der Waals surface area contributed by atoms with Gasteiger partial charge in [-0.15, -0.1) is 0 Å². The number of nitro benzene ring substituents is 1. The number of benzene rings is 2. The van der Waals surface area contributed by atoms with Crippen molar-refractivity contribution in [3.63, 3.8) is 0 Å². The van der Waals surface area contributed by atoms with E-state index in [4.69, 9.17) is 16.3 Å². The summed E-state index contributed by atoms with van der Waals surface area (Å²) in [4.78, 5) is 47.9. The molecule has 158 valence electrons. The number of rotatable bonds is 6. The normalized spacial score (nSPS) is 10.4. The van der Waals surface area contributed by atoms with Gasteiger partial charge in [-0.3, -0.25) is 19.7 Å². The van der Waals surface area contributed by atoms with Crippen LogP contribution in [0.25, 0.3) is 5.69 Å². The molecule has 0 aliphatic heterocycles. The fourth-order valence-electron chi connectivity index (χ4n) is 2.64. The van der Waals surface area contributed by atoms with Gasteiger partial charge in [-0.1, -0.05) is 29.8 Å². The number of ether oxygens (including phenoxy) is 1. The van der Waals surface area contributed by atoms with Crippen molar-refractivity contribution in [1.29, 1.82) is 0 Å². The first-order chi connectivity index (χ1) is 14.8. The monoisotopic (exact) mass is 442 g/mol. The first kappa shape index (κ1) is 21.7. The van der Waals surface area contributed by atoms with Gasteiger partial charge in [-0.25, -0.2) is 4.79 Å². The van der Waals surface area contributed by atoms with Gasteiger partial charge in [-0.05, 0) is 31.2 Å². The number of halogens is 1. The molecule has 1 amide bonds. The van der Waals surface area contributed by atoms with Gasteiger partial charge in [0.1, 0.15) is 5.02 Å². The van der Waals surface area contributed by atoms with Crippen LogP contribution in [0.4, 0.5) is 11.4 Å². The summed E-state index contributed by atoms with van der Waals surface area (Å²) in [5, 5.41) is 17.4. The summed E-state index contributed by atoms with van der Waals surface area (Å²) in [5.74, 6) is -1.66. The van der Waals surface area contributed by atoms with Gasteiger partial charge in [-0.2, -0.15) is 9.78 Å².